The largest absolute Gasteiger partial charge is 0.337 e. The molecule has 0 N–H and O–H groups in total. The van der Waals surface area contributed by atoms with Crippen LogP contribution >= 0.6 is 0 Å². The zero-order valence-electron chi connectivity index (χ0n) is 10.7. The van der Waals surface area contributed by atoms with Crippen molar-refractivity contribution in [3.8, 4) is 0 Å². The van der Waals surface area contributed by atoms with Crippen LogP contribution in [-0.4, -0.2) is 27.5 Å². The summed E-state index contributed by atoms with van der Waals surface area (Å²) < 4.78 is 5.21. The Hall–Kier alpha value is -2.17. The molecule has 1 saturated heterocycles. The molecule has 0 aliphatic carbocycles. The molecule has 1 aromatic carbocycles. The molecule has 2 aromatic rings. The van der Waals surface area contributed by atoms with E-state index >= 15 is 0 Å². The summed E-state index contributed by atoms with van der Waals surface area (Å²) in [4.78, 5) is 18.5. The maximum Gasteiger partial charge on any atom is 0.254 e. The van der Waals surface area contributed by atoms with Gasteiger partial charge in [0.05, 0.1) is 0 Å². The van der Waals surface area contributed by atoms with Gasteiger partial charge in [0.1, 0.15) is 6.04 Å². The summed E-state index contributed by atoms with van der Waals surface area (Å²) in [6, 6.07) is 9.21. The van der Waals surface area contributed by atoms with Gasteiger partial charge in [-0.3, -0.25) is 4.79 Å². The van der Waals surface area contributed by atoms with E-state index < -0.39 is 0 Å². The molecule has 0 bridgehead atoms. The van der Waals surface area contributed by atoms with E-state index in [1.54, 1.807) is 6.92 Å². The Bertz CT molecular complexity index is 579. The number of amides is 1. The second kappa shape index (κ2) is 4.84. The third-order valence-electron chi connectivity index (χ3n) is 3.36. The third-order valence-corrected chi connectivity index (χ3v) is 3.36. The molecule has 5 heteroatoms. The number of benzene rings is 1. The molecular formula is C14H15N3O2. The van der Waals surface area contributed by atoms with E-state index in [0.717, 1.165) is 19.4 Å². The average Bonchev–Trinajstić information content (AvgIpc) is 3.07. The van der Waals surface area contributed by atoms with Crippen molar-refractivity contribution in [1.82, 2.24) is 15.0 Å². The number of nitrogens with zero attached hydrogens (tertiary/aromatic N) is 3. The minimum atomic E-state index is -0.0890. The summed E-state index contributed by atoms with van der Waals surface area (Å²) >= 11 is 0. The van der Waals surface area contributed by atoms with E-state index in [9.17, 15) is 4.79 Å². The minimum absolute atomic E-state index is 0.0268. The highest BCUT2D eigenvalue weighted by Gasteiger charge is 2.34. The molecule has 0 saturated carbocycles. The van der Waals surface area contributed by atoms with Crippen LogP contribution in [0.25, 0.3) is 0 Å². The number of carbonyl (C=O) groups excluding carboxylic acids is 1. The predicted octanol–water partition coefficient (Wildman–Crippen LogP) is 2.36. The van der Waals surface area contributed by atoms with Gasteiger partial charge in [0.2, 0.25) is 5.89 Å². The molecule has 1 amide bonds. The summed E-state index contributed by atoms with van der Waals surface area (Å²) in [5.41, 5.74) is 0.700. The third kappa shape index (κ3) is 2.23. The van der Waals surface area contributed by atoms with Gasteiger partial charge >= 0.3 is 0 Å². The summed E-state index contributed by atoms with van der Waals surface area (Å²) in [6.45, 7) is 2.52. The van der Waals surface area contributed by atoms with E-state index in [1.807, 2.05) is 35.2 Å². The fourth-order valence-electron chi connectivity index (χ4n) is 2.46. The number of carbonyl (C=O) groups is 1. The molecule has 98 valence electrons. The van der Waals surface area contributed by atoms with Crippen molar-refractivity contribution in [2.24, 2.45) is 0 Å². The fourth-order valence-corrected chi connectivity index (χ4v) is 2.46. The first kappa shape index (κ1) is 11.9. The van der Waals surface area contributed by atoms with Crippen molar-refractivity contribution in [1.29, 1.82) is 0 Å². The van der Waals surface area contributed by atoms with Gasteiger partial charge in [-0.25, -0.2) is 0 Å². The van der Waals surface area contributed by atoms with Gasteiger partial charge in [-0.05, 0) is 31.9 Å². The van der Waals surface area contributed by atoms with Gasteiger partial charge in [0, 0.05) is 12.1 Å². The Labute approximate surface area is 111 Å². The molecule has 3 rings (SSSR count). The molecule has 1 atom stereocenters. The molecule has 0 radical (unpaired) electrons. The van der Waals surface area contributed by atoms with Gasteiger partial charge in [-0.15, -0.1) is 0 Å². The van der Waals surface area contributed by atoms with Crippen molar-refractivity contribution in [3.63, 3.8) is 0 Å². The van der Waals surface area contributed by atoms with E-state index in [1.165, 1.54) is 0 Å². The van der Waals surface area contributed by atoms with Crippen LogP contribution in [0, 0.1) is 6.92 Å². The molecule has 1 aliphatic rings. The Kier molecular flexibility index (Phi) is 3.03. The van der Waals surface area contributed by atoms with Crippen molar-refractivity contribution >= 4 is 5.91 Å². The molecule has 5 nitrogen and oxygen atoms in total. The highest BCUT2D eigenvalue weighted by Crippen LogP contribution is 2.32. The van der Waals surface area contributed by atoms with Crippen LogP contribution in [0.2, 0.25) is 0 Å². The SMILES string of the molecule is Cc1noc(C2CCCN2C(=O)c2ccccc2)n1. The Balaban J connectivity index is 1.86. The molecule has 1 aliphatic heterocycles. The normalized spacial score (nSPS) is 18.8. The Morgan fingerprint density at radius 3 is 2.84 bits per heavy atom. The number of likely N-dealkylation sites (tertiary alicyclic amines) is 1. The fraction of sp³-hybridized carbons (Fsp3) is 0.357. The van der Waals surface area contributed by atoms with Crippen LogP contribution < -0.4 is 0 Å². The maximum absolute atomic E-state index is 12.5. The van der Waals surface area contributed by atoms with Crippen molar-refractivity contribution in [2.75, 3.05) is 6.54 Å². The van der Waals surface area contributed by atoms with Gasteiger partial charge in [-0.1, -0.05) is 23.4 Å². The van der Waals surface area contributed by atoms with Gasteiger partial charge in [-0.2, -0.15) is 4.98 Å². The zero-order chi connectivity index (χ0) is 13.2. The highest BCUT2D eigenvalue weighted by molar-refractivity contribution is 5.94. The summed E-state index contributed by atoms with van der Waals surface area (Å²) in [7, 11) is 0. The average molecular weight is 257 g/mol. The second-order valence-electron chi connectivity index (χ2n) is 4.70. The number of hydrogen-bond acceptors (Lipinski definition) is 4. The van der Waals surface area contributed by atoms with Crippen LogP contribution in [0.3, 0.4) is 0 Å². The molecule has 19 heavy (non-hydrogen) atoms. The lowest BCUT2D eigenvalue weighted by molar-refractivity contribution is 0.0710. The van der Waals surface area contributed by atoms with Crippen LogP contribution in [0.15, 0.2) is 34.9 Å². The number of rotatable bonds is 2. The number of aromatic nitrogens is 2. The van der Waals surface area contributed by atoms with Crippen LogP contribution in [0.4, 0.5) is 0 Å². The Morgan fingerprint density at radius 1 is 1.37 bits per heavy atom. The highest BCUT2D eigenvalue weighted by atomic mass is 16.5. The summed E-state index contributed by atoms with van der Waals surface area (Å²) in [6.07, 6.45) is 1.84. The molecule has 1 aromatic heterocycles. The quantitative estimate of drug-likeness (QED) is 0.828. The monoisotopic (exact) mass is 257 g/mol. The summed E-state index contributed by atoms with van der Waals surface area (Å²) in [5, 5.41) is 3.80. The van der Waals surface area contributed by atoms with Gasteiger partial charge < -0.3 is 9.42 Å². The van der Waals surface area contributed by atoms with Crippen LogP contribution in [0.1, 0.15) is 41.0 Å². The van der Waals surface area contributed by atoms with E-state index in [0.29, 0.717) is 17.3 Å². The predicted molar refractivity (Wildman–Crippen MR) is 68.5 cm³/mol. The molecule has 0 spiro atoms. The minimum Gasteiger partial charge on any atom is -0.337 e. The lowest BCUT2D eigenvalue weighted by Crippen LogP contribution is -2.30. The Morgan fingerprint density at radius 2 is 2.16 bits per heavy atom. The second-order valence-corrected chi connectivity index (χ2v) is 4.70. The lowest BCUT2D eigenvalue weighted by Gasteiger charge is -2.21. The molecule has 2 heterocycles. The van der Waals surface area contributed by atoms with Crippen molar-refractivity contribution in [2.45, 2.75) is 25.8 Å². The smallest absolute Gasteiger partial charge is 0.254 e. The topological polar surface area (TPSA) is 59.2 Å². The van der Waals surface area contributed by atoms with Gasteiger partial charge in [0.15, 0.2) is 5.82 Å². The molecule has 1 unspecified atom stereocenters. The lowest BCUT2D eigenvalue weighted by atomic mass is 10.1. The number of hydrogen-bond donors (Lipinski definition) is 0. The van der Waals surface area contributed by atoms with Crippen molar-refractivity contribution < 1.29 is 9.32 Å². The van der Waals surface area contributed by atoms with Crippen LogP contribution in [0.5, 0.6) is 0 Å². The number of aryl methyl sites for hydroxylation is 1. The molecular weight excluding hydrogens is 242 g/mol. The summed E-state index contributed by atoms with van der Waals surface area (Å²) in [5.74, 6) is 1.17. The first-order valence-corrected chi connectivity index (χ1v) is 6.42. The zero-order valence-corrected chi connectivity index (χ0v) is 10.7. The van der Waals surface area contributed by atoms with E-state index in [2.05, 4.69) is 10.1 Å². The molecule has 1 fully saturated rings. The first-order chi connectivity index (χ1) is 9.25. The standard InChI is InChI=1S/C14H15N3O2/c1-10-15-13(19-16-10)12-8-5-9-17(12)14(18)11-6-3-2-4-7-11/h2-4,6-7,12H,5,8-9H2,1H3. The van der Waals surface area contributed by atoms with Gasteiger partial charge in [0.25, 0.3) is 5.91 Å². The van der Waals surface area contributed by atoms with Crippen molar-refractivity contribution in [3.05, 3.63) is 47.6 Å². The van der Waals surface area contributed by atoms with E-state index in [-0.39, 0.29) is 11.9 Å². The first-order valence-electron chi connectivity index (χ1n) is 6.42. The van der Waals surface area contributed by atoms with Crippen LogP contribution in [-0.2, 0) is 0 Å². The van der Waals surface area contributed by atoms with E-state index in [4.69, 9.17) is 4.52 Å². The maximum atomic E-state index is 12.5.